The zero-order valence-electron chi connectivity index (χ0n) is 17.3. The number of benzene rings is 2. The Bertz CT molecular complexity index is 760. The van der Waals surface area contributed by atoms with Crippen LogP contribution >= 0.6 is 0 Å². The summed E-state index contributed by atoms with van der Waals surface area (Å²) in [5.74, 6) is 1.35. The zero-order valence-corrected chi connectivity index (χ0v) is 17.3. The molecule has 0 unspecified atom stereocenters. The molecule has 1 amide bonds. The molecule has 0 aromatic heterocycles. The van der Waals surface area contributed by atoms with Crippen LogP contribution < -0.4 is 14.8 Å². The van der Waals surface area contributed by atoms with Crippen molar-refractivity contribution in [2.24, 2.45) is 0 Å². The summed E-state index contributed by atoms with van der Waals surface area (Å²) in [6.07, 6.45) is -0.557. The van der Waals surface area contributed by atoms with Crippen LogP contribution in [-0.4, -0.2) is 25.2 Å². The quantitative estimate of drug-likeness (QED) is 0.728. The number of rotatable bonds is 7. The van der Waals surface area contributed by atoms with Gasteiger partial charge in [-0.05, 0) is 67.1 Å². The van der Waals surface area contributed by atoms with Crippen molar-refractivity contribution in [3.05, 3.63) is 59.2 Å². The Hall–Kier alpha value is -2.49. The van der Waals surface area contributed by atoms with E-state index in [1.807, 2.05) is 44.2 Å². The SMILES string of the molecule is Cc1ccc(O[C@@H](C)C(=O)NCCOc2ccc(C(C)(C)C)cc2)cc1C. The van der Waals surface area contributed by atoms with E-state index in [4.69, 9.17) is 9.47 Å². The molecule has 1 atom stereocenters. The van der Waals surface area contributed by atoms with Gasteiger partial charge >= 0.3 is 0 Å². The summed E-state index contributed by atoms with van der Waals surface area (Å²) >= 11 is 0. The Morgan fingerprint density at radius 1 is 1.00 bits per heavy atom. The first-order valence-corrected chi connectivity index (χ1v) is 9.42. The van der Waals surface area contributed by atoms with Crippen molar-refractivity contribution < 1.29 is 14.3 Å². The van der Waals surface area contributed by atoms with Crippen molar-refractivity contribution in [2.45, 2.75) is 53.1 Å². The fraction of sp³-hybridized carbons (Fsp3) is 0.435. The first-order chi connectivity index (χ1) is 12.7. The van der Waals surface area contributed by atoms with Gasteiger partial charge in [0, 0.05) is 0 Å². The molecule has 0 saturated carbocycles. The highest BCUT2D eigenvalue weighted by molar-refractivity contribution is 5.80. The molecule has 4 heteroatoms. The van der Waals surface area contributed by atoms with Gasteiger partial charge in [0.2, 0.25) is 0 Å². The Balaban J connectivity index is 1.74. The molecule has 0 aliphatic carbocycles. The van der Waals surface area contributed by atoms with E-state index in [0.29, 0.717) is 18.9 Å². The monoisotopic (exact) mass is 369 g/mol. The lowest BCUT2D eigenvalue weighted by atomic mass is 9.87. The molecule has 0 radical (unpaired) electrons. The van der Waals surface area contributed by atoms with E-state index in [2.05, 4.69) is 38.2 Å². The van der Waals surface area contributed by atoms with E-state index in [1.54, 1.807) is 6.92 Å². The Morgan fingerprint density at radius 3 is 2.22 bits per heavy atom. The highest BCUT2D eigenvalue weighted by Crippen LogP contribution is 2.24. The molecular formula is C23H31NO3. The summed E-state index contributed by atoms with van der Waals surface area (Å²) in [4.78, 5) is 12.2. The minimum absolute atomic E-state index is 0.124. The van der Waals surface area contributed by atoms with Gasteiger partial charge in [0.15, 0.2) is 6.10 Å². The average molecular weight is 370 g/mol. The van der Waals surface area contributed by atoms with Crippen LogP contribution in [0, 0.1) is 13.8 Å². The lowest BCUT2D eigenvalue weighted by Gasteiger charge is -2.19. The van der Waals surface area contributed by atoms with Crippen LogP contribution in [0.3, 0.4) is 0 Å². The third kappa shape index (κ3) is 6.31. The normalized spacial score (nSPS) is 12.4. The number of hydrogen-bond acceptors (Lipinski definition) is 3. The summed E-state index contributed by atoms with van der Waals surface area (Å²) in [6.45, 7) is 13.2. The van der Waals surface area contributed by atoms with Gasteiger partial charge in [-0.15, -0.1) is 0 Å². The first-order valence-electron chi connectivity index (χ1n) is 9.42. The van der Waals surface area contributed by atoms with Crippen molar-refractivity contribution in [2.75, 3.05) is 13.2 Å². The van der Waals surface area contributed by atoms with Gasteiger partial charge in [-0.2, -0.15) is 0 Å². The minimum Gasteiger partial charge on any atom is -0.492 e. The standard InChI is InChI=1S/C23H31NO3/c1-16-7-10-21(15-17(16)2)27-18(3)22(25)24-13-14-26-20-11-8-19(9-12-20)23(4,5)6/h7-12,15,18H,13-14H2,1-6H3,(H,24,25)/t18-/m0/s1. The molecule has 0 heterocycles. The van der Waals surface area contributed by atoms with Crippen molar-refractivity contribution in [3.8, 4) is 11.5 Å². The van der Waals surface area contributed by atoms with Crippen LogP contribution in [0.1, 0.15) is 44.4 Å². The largest absolute Gasteiger partial charge is 0.492 e. The minimum atomic E-state index is -0.557. The van der Waals surface area contributed by atoms with Crippen molar-refractivity contribution in [3.63, 3.8) is 0 Å². The van der Waals surface area contributed by atoms with Crippen molar-refractivity contribution in [1.29, 1.82) is 0 Å². The van der Waals surface area contributed by atoms with Gasteiger partial charge in [0.25, 0.3) is 5.91 Å². The molecule has 2 aromatic carbocycles. The molecule has 0 spiro atoms. The zero-order chi connectivity index (χ0) is 20.0. The predicted molar refractivity (Wildman–Crippen MR) is 110 cm³/mol. The molecule has 27 heavy (non-hydrogen) atoms. The van der Waals surface area contributed by atoms with Crippen LogP contribution in [-0.2, 0) is 10.2 Å². The average Bonchev–Trinajstić information content (AvgIpc) is 2.61. The fourth-order valence-corrected chi connectivity index (χ4v) is 2.58. The van der Waals surface area contributed by atoms with Crippen LogP contribution in [0.2, 0.25) is 0 Å². The number of nitrogens with one attached hydrogen (secondary N) is 1. The molecule has 0 saturated heterocycles. The van der Waals surface area contributed by atoms with Crippen LogP contribution in [0.15, 0.2) is 42.5 Å². The number of ether oxygens (including phenoxy) is 2. The molecule has 146 valence electrons. The van der Waals surface area contributed by atoms with Crippen molar-refractivity contribution in [1.82, 2.24) is 5.32 Å². The molecule has 0 bridgehead atoms. The Morgan fingerprint density at radius 2 is 1.63 bits per heavy atom. The van der Waals surface area contributed by atoms with E-state index in [1.165, 1.54) is 11.1 Å². The van der Waals surface area contributed by atoms with Gasteiger partial charge in [0.1, 0.15) is 18.1 Å². The summed E-state index contributed by atoms with van der Waals surface area (Å²) in [5.41, 5.74) is 3.73. The van der Waals surface area contributed by atoms with Gasteiger partial charge in [-0.1, -0.05) is 39.0 Å². The second kappa shape index (κ2) is 8.94. The maximum atomic E-state index is 12.2. The maximum Gasteiger partial charge on any atom is 0.260 e. The van der Waals surface area contributed by atoms with Crippen molar-refractivity contribution >= 4 is 5.91 Å². The lowest BCUT2D eigenvalue weighted by Crippen LogP contribution is -2.38. The Kier molecular flexibility index (Phi) is 6.89. The molecular weight excluding hydrogens is 338 g/mol. The smallest absolute Gasteiger partial charge is 0.260 e. The number of hydrogen-bond donors (Lipinski definition) is 1. The van der Waals surface area contributed by atoms with Crippen LogP contribution in [0.4, 0.5) is 0 Å². The lowest BCUT2D eigenvalue weighted by molar-refractivity contribution is -0.127. The molecule has 4 nitrogen and oxygen atoms in total. The number of carbonyl (C=O) groups excluding carboxylic acids is 1. The summed E-state index contributed by atoms with van der Waals surface area (Å²) in [5, 5.41) is 2.85. The number of amides is 1. The van der Waals surface area contributed by atoms with E-state index >= 15 is 0 Å². The van der Waals surface area contributed by atoms with Gasteiger partial charge in [-0.3, -0.25) is 4.79 Å². The predicted octanol–water partition coefficient (Wildman–Crippen LogP) is 4.56. The van der Waals surface area contributed by atoms with Gasteiger partial charge in [-0.25, -0.2) is 0 Å². The molecule has 0 fully saturated rings. The summed E-state index contributed by atoms with van der Waals surface area (Å²) in [7, 11) is 0. The summed E-state index contributed by atoms with van der Waals surface area (Å²) < 4.78 is 11.4. The van der Waals surface area contributed by atoms with E-state index in [-0.39, 0.29) is 11.3 Å². The van der Waals surface area contributed by atoms with Crippen LogP contribution in [0.5, 0.6) is 11.5 Å². The van der Waals surface area contributed by atoms with E-state index < -0.39 is 6.10 Å². The van der Waals surface area contributed by atoms with Gasteiger partial charge < -0.3 is 14.8 Å². The van der Waals surface area contributed by atoms with E-state index in [9.17, 15) is 4.79 Å². The summed E-state index contributed by atoms with van der Waals surface area (Å²) in [6, 6.07) is 13.9. The molecule has 2 rings (SSSR count). The highest BCUT2D eigenvalue weighted by atomic mass is 16.5. The van der Waals surface area contributed by atoms with E-state index in [0.717, 1.165) is 11.3 Å². The van der Waals surface area contributed by atoms with Gasteiger partial charge in [0.05, 0.1) is 6.54 Å². The fourth-order valence-electron chi connectivity index (χ4n) is 2.58. The molecule has 1 N–H and O–H groups in total. The first kappa shape index (κ1) is 20.8. The Labute approximate surface area is 162 Å². The second-order valence-corrected chi connectivity index (χ2v) is 7.92. The third-order valence-corrected chi connectivity index (χ3v) is 4.55. The highest BCUT2D eigenvalue weighted by Gasteiger charge is 2.15. The third-order valence-electron chi connectivity index (χ3n) is 4.55. The molecule has 0 aliphatic heterocycles. The molecule has 2 aromatic rings. The molecule has 0 aliphatic rings. The maximum absolute atomic E-state index is 12.2. The number of carbonyl (C=O) groups is 1. The number of aryl methyl sites for hydroxylation is 2. The topological polar surface area (TPSA) is 47.6 Å². The second-order valence-electron chi connectivity index (χ2n) is 7.92. The van der Waals surface area contributed by atoms with Crippen LogP contribution in [0.25, 0.3) is 0 Å².